The van der Waals surface area contributed by atoms with Crippen molar-refractivity contribution in [3.8, 4) is 12.0 Å². The monoisotopic (exact) mass is 204 g/mol. The SMILES string of the molecule is N#Cc1ncn(-c2ccc(C(=O)O)o2)n1. The van der Waals surface area contributed by atoms with Gasteiger partial charge in [0.2, 0.25) is 11.6 Å². The predicted molar refractivity (Wildman–Crippen MR) is 45.3 cm³/mol. The highest BCUT2D eigenvalue weighted by molar-refractivity contribution is 5.84. The molecule has 0 aliphatic carbocycles. The molecule has 0 aromatic carbocycles. The van der Waals surface area contributed by atoms with Gasteiger partial charge in [-0.15, -0.1) is 5.10 Å². The first-order chi connectivity index (χ1) is 7.20. The highest BCUT2D eigenvalue weighted by Crippen LogP contribution is 2.11. The molecule has 0 atom stereocenters. The first kappa shape index (κ1) is 8.96. The second-order valence-corrected chi connectivity index (χ2v) is 2.57. The van der Waals surface area contributed by atoms with Crippen LogP contribution in [0.3, 0.4) is 0 Å². The molecule has 0 saturated carbocycles. The zero-order chi connectivity index (χ0) is 10.8. The second-order valence-electron chi connectivity index (χ2n) is 2.57. The molecular weight excluding hydrogens is 200 g/mol. The molecule has 0 bridgehead atoms. The molecule has 74 valence electrons. The fourth-order valence-electron chi connectivity index (χ4n) is 0.986. The van der Waals surface area contributed by atoms with E-state index < -0.39 is 5.97 Å². The van der Waals surface area contributed by atoms with Gasteiger partial charge < -0.3 is 9.52 Å². The maximum Gasteiger partial charge on any atom is 0.371 e. The number of aromatic carboxylic acids is 1. The average Bonchev–Trinajstić information content (AvgIpc) is 2.86. The summed E-state index contributed by atoms with van der Waals surface area (Å²) in [6, 6.07) is 4.47. The fourth-order valence-corrected chi connectivity index (χ4v) is 0.986. The minimum absolute atomic E-state index is 0.0109. The number of furan rings is 1. The molecule has 0 spiro atoms. The molecule has 2 aromatic heterocycles. The maximum atomic E-state index is 10.5. The number of nitrogens with zero attached hydrogens (tertiary/aromatic N) is 4. The Morgan fingerprint density at radius 3 is 2.93 bits per heavy atom. The molecule has 7 heteroatoms. The van der Waals surface area contributed by atoms with Crippen LogP contribution in [0.2, 0.25) is 0 Å². The van der Waals surface area contributed by atoms with E-state index in [-0.39, 0.29) is 17.5 Å². The maximum absolute atomic E-state index is 10.5. The molecule has 0 amide bonds. The van der Waals surface area contributed by atoms with Crippen LogP contribution in [0, 0.1) is 11.3 Å². The summed E-state index contributed by atoms with van der Waals surface area (Å²) in [5, 5.41) is 20.8. The van der Waals surface area contributed by atoms with Crippen LogP contribution in [0.5, 0.6) is 0 Å². The molecule has 0 aliphatic heterocycles. The zero-order valence-electron chi connectivity index (χ0n) is 7.28. The van der Waals surface area contributed by atoms with Gasteiger partial charge in [0.15, 0.2) is 0 Å². The third-order valence-corrected chi connectivity index (χ3v) is 1.62. The molecule has 0 saturated heterocycles. The number of carboxylic acid groups (broad SMARTS) is 1. The predicted octanol–water partition coefficient (Wildman–Crippen LogP) is 0.430. The number of nitriles is 1. The van der Waals surface area contributed by atoms with Gasteiger partial charge in [-0.3, -0.25) is 0 Å². The summed E-state index contributed by atoms with van der Waals surface area (Å²) in [7, 11) is 0. The smallest absolute Gasteiger partial charge is 0.371 e. The van der Waals surface area contributed by atoms with Gasteiger partial charge in [-0.05, 0) is 6.07 Å². The van der Waals surface area contributed by atoms with Gasteiger partial charge in [0.05, 0.1) is 0 Å². The van der Waals surface area contributed by atoms with Crippen LogP contribution in [0.25, 0.3) is 5.88 Å². The van der Waals surface area contributed by atoms with Gasteiger partial charge in [0.25, 0.3) is 5.82 Å². The van der Waals surface area contributed by atoms with Gasteiger partial charge in [-0.1, -0.05) is 0 Å². The molecular formula is C8H4N4O3. The van der Waals surface area contributed by atoms with Crippen LogP contribution in [-0.2, 0) is 0 Å². The average molecular weight is 204 g/mol. The number of hydrogen-bond donors (Lipinski definition) is 1. The van der Waals surface area contributed by atoms with E-state index in [1.54, 1.807) is 6.07 Å². The fraction of sp³-hybridized carbons (Fsp3) is 0. The lowest BCUT2D eigenvalue weighted by molar-refractivity contribution is 0.0662. The second kappa shape index (κ2) is 3.26. The topological polar surface area (TPSA) is 105 Å². The standard InChI is InChI=1S/C8H4N4O3/c9-3-6-10-4-12(11-6)7-2-1-5(15-7)8(13)14/h1-2,4H,(H,13,14). The van der Waals surface area contributed by atoms with Gasteiger partial charge >= 0.3 is 5.97 Å². The Balaban J connectivity index is 2.38. The molecule has 2 aromatic rings. The van der Waals surface area contributed by atoms with Crippen molar-refractivity contribution in [3.05, 3.63) is 30.0 Å². The Kier molecular flexibility index (Phi) is 1.95. The minimum atomic E-state index is -1.16. The van der Waals surface area contributed by atoms with Crippen molar-refractivity contribution in [3.63, 3.8) is 0 Å². The van der Waals surface area contributed by atoms with Crippen molar-refractivity contribution in [1.82, 2.24) is 14.8 Å². The van der Waals surface area contributed by atoms with Crippen LogP contribution in [-0.4, -0.2) is 25.8 Å². The minimum Gasteiger partial charge on any atom is -0.475 e. The van der Waals surface area contributed by atoms with Gasteiger partial charge in [0.1, 0.15) is 12.4 Å². The molecule has 0 unspecified atom stereocenters. The molecule has 1 N–H and O–H groups in total. The van der Waals surface area contributed by atoms with Crippen LogP contribution >= 0.6 is 0 Å². The normalized spacial score (nSPS) is 9.80. The lowest BCUT2D eigenvalue weighted by Crippen LogP contribution is -1.94. The van der Waals surface area contributed by atoms with E-state index in [0.29, 0.717) is 0 Å². The molecule has 2 rings (SSSR count). The molecule has 0 fully saturated rings. The highest BCUT2D eigenvalue weighted by atomic mass is 16.4. The third-order valence-electron chi connectivity index (χ3n) is 1.62. The van der Waals surface area contributed by atoms with Crippen molar-refractivity contribution < 1.29 is 14.3 Å². The number of carboxylic acids is 1. The first-order valence-electron chi connectivity index (χ1n) is 3.86. The first-order valence-corrected chi connectivity index (χ1v) is 3.86. The van der Waals surface area contributed by atoms with Crippen LogP contribution in [0.1, 0.15) is 16.4 Å². The lowest BCUT2D eigenvalue weighted by Gasteiger charge is -1.91. The molecule has 0 aliphatic rings. The van der Waals surface area contributed by atoms with Gasteiger partial charge in [0, 0.05) is 6.07 Å². The number of rotatable bonds is 2. The van der Waals surface area contributed by atoms with Gasteiger partial charge in [-0.2, -0.15) is 9.94 Å². The summed E-state index contributed by atoms with van der Waals surface area (Å²) in [6.45, 7) is 0. The third kappa shape index (κ3) is 1.55. The Hall–Kier alpha value is -2.62. The van der Waals surface area contributed by atoms with Crippen molar-refractivity contribution in [2.45, 2.75) is 0 Å². The molecule has 7 nitrogen and oxygen atoms in total. The quantitative estimate of drug-likeness (QED) is 0.760. The zero-order valence-corrected chi connectivity index (χ0v) is 7.28. The van der Waals surface area contributed by atoms with Crippen molar-refractivity contribution in [2.24, 2.45) is 0 Å². The summed E-state index contributed by atoms with van der Waals surface area (Å²) >= 11 is 0. The van der Waals surface area contributed by atoms with Crippen molar-refractivity contribution >= 4 is 5.97 Å². The summed E-state index contributed by atoms with van der Waals surface area (Å²) in [6.07, 6.45) is 1.27. The van der Waals surface area contributed by atoms with Crippen LogP contribution in [0.4, 0.5) is 0 Å². The Labute approximate surface area is 83.2 Å². The molecule has 15 heavy (non-hydrogen) atoms. The van der Waals surface area contributed by atoms with Crippen molar-refractivity contribution in [2.75, 3.05) is 0 Å². The summed E-state index contributed by atoms with van der Waals surface area (Å²) in [5.74, 6) is -1.18. The lowest BCUT2D eigenvalue weighted by atomic mass is 10.5. The molecule has 2 heterocycles. The van der Waals surface area contributed by atoms with E-state index in [2.05, 4.69) is 10.1 Å². The van der Waals surface area contributed by atoms with E-state index >= 15 is 0 Å². The summed E-state index contributed by atoms with van der Waals surface area (Å²) < 4.78 is 6.13. The largest absolute Gasteiger partial charge is 0.475 e. The number of hydrogen-bond acceptors (Lipinski definition) is 5. The molecule has 0 radical (unpaired) electrons. The number of carbonyl (C=O) groups is 1. The van der Waals surface area contributed by atoms with E-state index in [1.165, 1.54) is 23.1 Å². The van der Waals surface area contributed by atoms with E-state index in [0.717, 1.165) is 0 Å². The number of aromatic nitrogens is 3. The summed E-state index contributed by atoms with van der Waals surface area (Å²) in [5.41, 5.74) is 0. The summed E-state index contributed by atoms with van der Waals surface area (Å²) in [4.78, 5) is 14.2. The van der Waals surface area contributed by atoms with Crippen LogP contribution < -0.4 is 0 Å². The Morgan fingerprint density at radius 1 is 1.60 bits per heavy atom. The van der Waals surface area contributed by atoms with Crippen LogP contribution in [0.15, 0.2) is 22.9 Å². The van der Waals surface area contributed by atoms with Crippen molar-refractivity contribution in [1.29, 1.82) is 5.26 Å². The highest BCUT2D eigenvalue weighted by Gasteiger charge is 2.11. The van der Waals surface area contributed by atoms with E-state index in [4.69, 9.17) is 14.8 Å². The van der Waals surface area contributed by atoms with E-state index in [1.807, 2.05) is 0 Å². The van der Waals surface area contributed by atoms with Gasteiger partial charge in [-0.25, -0.2) is 9.78 Å². The Bertz CT molecular complexity index is 548. The Morgan fingerprint density at radius 2 is 2.40 bits per heavy atom. The van der Waals surface area contributed by atoms with E-state index in [9.17, 15) is 4.79 Å².